The van der Waals surface area contributed by atoms with Crippen molar-refractivity contribution in [3.8, 4) is 0 Å². The van der Waals surface area contributed by atoms with Crippen LogP contribution in [-0.2, 0) is 16.0 Å². The van der Waals surface area contributed by atoms with Gasteiger partial charge in [-0.1, -0.05) is 35.9 Å². The second kappa shape index (κ2) is 10.4. The summed E-state index contributed by atoms with van der Waals surface area (Å²) < 4.78 is 0. The van der Waals surface area contributed by atoms with Gasteiger partial charge in [0.15, 0.2) is 0 Å². The summed E-state index contributed by atoms with van der Waals surface area (Å²) >= 11 is 5.89. The normalized spacial score (nSPS) is 15.3. The van der Waals surface area contributed by atoms with Gasteiger partial charge < -0.3 is 15.5 Å². The van der Waals surface area contributed by atoms with E-state index in [4.69, 9.17) is 11.6 Å². The van der Waals surface area contributed by atoms with Crippen LogP contribution in [0.5, 0.6) is 0 Å². The molecule has 1 aliphatic heterocycles. The molecular weight excluding hydrogens is 414 g/mol. The summed E-state index contributed by atoms with van der Waals surface area (Å²) in [6.45, 7) is 4.54. The molecule has 2 aromatic carbocycles. The Kier molecular flexibility index (Phi) is 7.69. The Bertz CT molecular complexity index is 937. The third kappa shape index (κ3) is 6.31. The Balaban J connectivity index is 1.56. The van der Waals surface area contributed by atoms with Crippen molar-refractivity contribution < 1.29 is 14.4 Å². The quantitative estimate of drug-likeness (QED) is 0.722. The van der Waals surface area contributed by atoms with E-state index in [1.54, 1.807) is 29.2 Å². The number of halogens is 1. The van der Waals surface area contributed by atoms with Crippen molar-refractivity contribution in [1.82, 2.24) is 15.5 Å². The Morgan fingerprint density at radius 2 is 1.71 bits per heavy atom. The molecule has 2 aromatic rings. The van der Waals surface area contributed by atoms with Gasteiger partial charge in [0.25, 0.3) is 5.91 Å². The van der Waals surface area contributed by atoms with Crippen LogP contribution in [-0.4, -0.2) is 47.8 Å². The maximum Gasteiger partial charge on any atom is 0.253 e. The van der Waals surface area contributed by atoms with Crippen molar-refractivity contribution in [2.24, 2.45) is 0 Å². The summed E-state index contributed by atoms with van der Waals surface area (Å²) in [5, 5.41) is 6.43. The predicted molar refractivity (Wildman–Crippen MR) is 121 cm³/mol. The monoisotopic (exact) mass is 441 g/mol. The number of amides is 3. The maximum absolute atomic E-state index is 12.9. The first-order valence-electron chi connectivity index (χ1n) is 10.5. The van der Waals surface area contributed by atoms with Gasteiger partial charge in [0.2, 0.25) is 11.8 Å². The molecular formula is C24H28ClN3O3. The highest BCUT2D eigenvalue weighted by atomic mass is 35.5. The number of hydrogen-bond donors (Lipinski definition) is 2. The number of piperidine rings is 1. The molecule has 1 fully saturated rings. The average molecular weight is 442 g/mol. The molecule has 0 aromatic heterocycles. The molecule has 3 amide bonds. The minimum atomic E-state index is -0.632. The maximum atomic E-state index is 12.9. The van der Waals surface area contributed by atoms with E-state index in [2.05, 4.69) is 10.6 Å². The van der Waals surface area contributed by atoms with Crippen LogP contribution < -0.4 is 10.6 Å². The van der Waals surface area contributed by atoms with Crippen molar-refractivity contribution in [3.63, 3.8) is 0 Å². The third-order valence-electron chi connectivity index (χ3n) is 5.60. The lowest BCUT2D eigenvalue weighted by Crippen LogP contribution is -2.53. The molecule has 0 saturated carbocycles. The molecule has 1 saturated heterocycles. The molecule has 6 nitrogen and oxygen atoms in total. The lowest BCUT2D eigenvalue weighted by atomic mass is 9.99. The largest absolute Gasteiger partial charge is 0.351 e. The number of benzene rings is 2. The first-order chi connectivity index (χ1) is 14.8. The van der Waals surface area contributed by atoms with Gasteiger partial charge in [-0.05, 0) is 55.2 Å². The number of aryl methyl sites for hydroxylation is 1. The van der Waals surface area contributed by atoms with Crippen LogP contribution >= 0.6 is 11.6 Å². The van der Waals surface area contributed by atoms with Gasteiger partial charge in [0, 0.05) is 43.1 Å². The smallest absolute Gasteiger partial charge is 0.253 e. The Hall–Kier alpha value is -2.86. The SMILES string of the molecule is CC(=O)N[C@@H](Cc1ccccc1C)C(=O)NC1CCN(C(=O)c2ccc(Cl)cc2)CC1. The van der Waals surface area contributed by atoms with E-state index < -0.39 is 6.04 Å². The van der Waals surface area contributed by atoms with E-state index in [0.29, 0.717) is 42.9 Å². The fourth-order valence-corrected chi connectivity index (χ4v) is 3.94. The zero-order valence-electron chi connectivity index (χ0n) is 17.9. The van der Waals surface area contributed by atoms with Crippen LogP contribution in [0.3, 0.4) is 0 Å². The Morgan fingerprint density at radius 3 is 2.32 bits per heavy atom. The van der Waals surface area contributed by atoms with E-state index in [0.717, 1.165) is 11.1 Å². The molecule has 2 N–H and O–H groups in total. The highest BCUT2D eigenvalue weighted by molar-refractivity contribution is 6.30. The van der Waals surface area contributed by atoms with Crippen LogP contribution in [0.1, 0.15) is 41.3 Å². The molecule has 7 heteroatoms. The predicted octanol–water partition coefficient (Wildman–Crippen LogP) is 3.12. The van der Waals surface area contributed by atoms with Crippen molar-refractivity contribution >= 4 is 29.3 Å². The summed E-state index contributed by atoms with van der Waals surface area (Å²) in [6, 6.07) is 14.0. The molecule has 0 radical (unpaired) electrons. The number of carbonyl (C=O) groups is 3. The van der Waals surface area contributed by atoms with Gasteiger partial charge in [-0.3, -0.25) is 14.4 Å². The van der Waals surface area contributed by atoms with Crippen molar-refractivity contribution in [2.45, 2.75) is 45.2 Å². The first kappa shape index (κ1) is 22.8. The third-order valence-corrected chi connectivity index (χ3v) is 5.85. The van der Waals surface area contributed by atoms with E-state index in [1.807, 2.05) is 31.2 Å². The highest BCUT2D eigenvalue weighted by Crippen LogP contribution is 2.17. The van der Waals surface area contributed by atoms with E-state index in [1.165, 1.54) is 6.92 Å². The molecule has 164 valence electrons. The van der Waals surface area contributed by atoms with Gasteiger partial charge in [0.1, 0.15) is 6.04 Å². The number of hydrogen-bond acceptors (Lipinski definition) is 3. The summed E-state index contributed by atoms with van der Waals surface area (Å²) in [5.41, 5.74) is 2.72. The highest BCUT2D eigenvalue weighted by Gasteiger charge is 2.27. The minimum absolute atomic E-state index is 0.0304. The molecule has 0 unspecified atom stereocenters. The van der Waals surface area contributed by atoms with Gasteiger partial charge >= 0.3 is 0 Å². The van der Waals surface area contributed by atoms with Gasteiger partial charge in [0.05, 0.1) is 0 Å². The van der Waals surface area contributed by atoms with E-state index in [9.17, 15) is 14.4 Å². The molecule has 1 heterocycles. The Morgan fingerprint density at radius 1 is 1.06 bits per heavy atom. The number of rotatable bonds is 6. The topological polar surface area (TPSA) is 78.5 Å². The molecule has 0 bridgehead atoms. The second-order valence-electron chi connectivity index (χ2n) is 7.97. The van der Waals surface area contributed by atoms with Gasteiger partial charge in [-0.2, -0.15) is 0 Å². The molecule has 0 spiro atoms. The van der Waals surface area contributed by atoms with Crippen LogP contribution in [0.2, 0.25) is 5.02 Å². The Labute approximate surface area is 188 Å². The van der Waals surface area contributed by atoms with Crippen LogP contribution in [0.4, 0.5) is 0 Å². The zero-order valence-corrected chi connectivity index (χ0v) is 18.6. The lowest BCUT2D eigenvalue weighted by molar-refractivity contribution is -0.128. The van der Waals surface area contributed by atoms with Crippen molar-refractivity contribution in [1.29, 1.82) is 0 Å². The molecule has 0 aliphatic carbocycles. The summed E-state index contributed by atoms with van der Waals surface area (Å²) in [7, 11) is 0. The second-order valence-corrected chi connectivity index (χ2v) is 8.40. The molecule has 1 aliphatic rings. The minimum Gasteiger partial charge on any atom is -0.351 e. The fraction of sp³-hybridized carbons (Fsp3) is 0.375. The number of carbonyl (C=O) groups excluding carboxylic acids is 3. The summed E-state index contributed by atoms with van der Waals surface area (Å²) in [6.07, 6.45) is 1.77. The van der Waals surface area contributed by atoms with Crippen LogP contribution in [0.15, 0.2) is 48.5 Å². The van der Waals surface area contributed by atoms with Gasteiger partial charge in [-0.25, -0.2) is 0 Å². The lowest BCUT2D eigenvalue weighted by Gasteiger charge is -2.33. The molecule has 1 atom stereocenters. The number of likely N-dealkylation sites (tertiary alicyclic amines) is 1. The van der Waals surface area contributed by atoms with Crippen molar-refractivity contribution in [2.75, 3.05) is 13.1 Å². The first-order valence-corrected chi connectivity index (χ1v) is 10.9. The molecule has 31 heavy (non-hydrogen) atoms. The van der Waals surface area contributed by atoms with Crippen LogP contribution in [0, 0.1) is 6.92 Å². The van der Waals surface area contributed by atoms with Gasteiger partial charge in [-0.15, -0.1) is 0 Å². The average Bonchev–Trinajstić information content (AvgIpc) is 2.75. The standard InChI is InChI=1S/C24H28ClN3O3/c1-16-5-3-4-6-19(16)15-22(26-17(2)29)23(30)27-21-11-13-28(14-12-21)24(31)18-7-9-20(25)10-8-18/h3-10,21-22H,11-15H2,1-2H3,(H,26,29)(H,27,30)/t22-/m0/s1. The zero-order chi connectivity index (χ0) is 22.4. The summed E-state index contributed by atoms with van der Waals surface area (Å²) in [4.78, 5) is 39.0. The fourth-order valence-electron chi connectivity index (χ4n) is 3.82. The summed E-state index contributed by atoms with van der Waals surface area (Å²) in [5.74, 6) is -0.463. The van der Waals surface area contributed by atoms with E-state index in [-0.39, 0.29) is 23.8 Å². The van der Waals surface area contributed by atoms with E-state index >= 15 is 0 Å². The number of nitrogens with one attached hydrogen (secondary N) is 2. The molecule has 3 rings (SSSR count). The van der Waals surface area contributed by atoms with Crippen molar-refractivity contribution in [3.05, 3.63) is 70.2 Å². The number of nitrogens with zero attached hydrogens (tertiary/aromatic N) is 1. The van der Waals surface area contributed by atoms with Crippen LogP contribution in [0.25, 0.3) is 0 Å².